The van der Waals surface area contributed by atoms with Crippen LogP contribution >= 0.6 is 0 Å². The van der Waals surface area contributed by atoms with Gasteiger partial charge in [0.15, 0.2) is 18.9 Å². The molecule has 20 atom stereocenters. The molecule has 11 N–H and O–H groups in total. The maximum absolute atomic E-state index is 11.0. The van der Waals surface area contributed by atoms with Crippen molar-refractivity contribution in [2.24, 2.45) is 0 Å². The molecule has 19 heteroatoms. The van der Waals surface area contributed by atoms with E-state index < -0.39 is 136 Å². The fraction of sp³-hybridized carbons (Fsp3) is 1.00. The van der Waals surface area contributed by atoms with Crippen LogP contribution in [0, 0.1) is 44.1 Å². The summed E-state index contributed by atoms with van der Waals surface area (Å²) < 4.78 is 40.1. The van der Waals surface area contributed by atoms with Gasteiger partial charge in [-0.05, 0) is 20.8 Å². The quantitative estimate of drug-likeness (QED) is 0.109. The maximum Gasteiger partial charge on any atom is 0.187 e. The number of nitrogens with one attached hydrogen (secondary N) is 1. The predicted molar refractivity (Wildman–Crippen MR) is 137 cm³/mol. The van der Waals surface area contributed by atoms with E-state index >= 15 is 0 Å². The van der Waals surface area contributed by atoms with E-state index in [2.05, 4.69) is 0 Å². The third-order valence-electron chi connectivity index (χ3n) is 8.43. The molecule has 1 radical (unpaired) electrons. The monoisotopic (exact) mass is 857 g/mol. The van der Waals surface area contributed by atoms with Crippen LogP contribution in [0.15, 0.2) is 0 Å². The van der Waals surface area contributed by atoms with Crippen LogP contribution in [0.2, 0.25) is 0 Å². The Morgan fingerprint density at radius 3 is 1.41 bits per heavy atom. The summed E-state index contributed by atoms with van der Waals surface area (Å²) in [7, 11) is 0. The SMILES string of the molecule is CC1OC(CO)[C@H](O[C@@H]2OC(CO)[C@H](O)C(O)C2O[C@@H]2OC(C)[C@H](O)C(O)C2O)C(O[C@H]2OC(C)[C@@H](O)C(O)C2O)C1[NH-].[Ac]. The molecule has 255 valence electrons. The Balaban J connectivity index is 0.00000529. The number of ether oxygens (including phenoxy) is 7. The van der Waals surface area contributed by atoms with E-state index in [4.69, 9.17) is 38.9 Å². The molecule has 0 aliphatic carbocycles. The average Bonchev–Trinajstić information content (AvgIpc) is 2.98. The largest absolute Gasteiger partial charge is 0.670 e. The van der Waals surface area contributed by atoms with Crippen molar-refractivity contribution in [3.8, 4) is 0 Å². The van der Waals surface area contributed by atoms with Gasteiger partial charge >= 0.3 is 0 Å². The molecule has 4 saturated heterocycles. The molecule has 4 fully saturated rings. The van der Waals surface area contributed by atoms with Crippen molar-refractivity contribution in [1.82, 2.24) is 0 Å². The van der Waals surface area contributed by atoms with Crippen molar-refractivity contribution < 1.29 is 128 Å². The Morgan fingerprint density at radius 1 is 0.477 bits per heavy atom. The topological polar surface area (TPSA) is 291 Å². The van der Waals surface area contributed by atoms with Gasteiger partial charge in [-0.15, -0.1) is 0 Å². The molecular weight excluding hydrogens is 813 g/mol. The molecule has 0 saturated carbocycles. The normalized spacial score (nSPS) is 53.6. The molecule has 0 aromatic rings. The zero-order valence-corrected chi connectivity index (χ0v) is 29.1. The van der Waals surface area contributed by atoms with Crippen molar-refractivity contribution in [2.45, 2.75) is 143 Å². The Hall–Kier alpha value is 0.722. The molecule has 4 aliphatic rings. The third-order valence-corrected chi connectivity index (χ3v) is 8.43. The zero-order valence-electron chi connectivity index (χ0n) is 24.4. The Bertz CT molecular complexity index is 898. The molecule has 0 aromatic carbocycles. The van der Waals surface area contributed by atoms with Crippen molar-refractivity contribution in [2.75, 3.05) is 13.2 Å². The van der Waals surface area contributed by atoms with Gasteiger partial charge in [0.25, 0.3) is 0 Å². The van der Waals surface area contributed by atoms with E-state index in [0.29, 0.717) is 0 Å². The first-order chi connectivity index (χ1) is 20.2. The summed E-state index contributed by atoms with van der Waals surface area (Å²) in [5.74, 6) is 0. The van der Waals surface area contributed by atoms with Crippen LogP contribution in [0.25, 0.3) is 5.73 Å². The molecule has 0 spiro atoms. The van der Waals surface area contributed by atoms with E-state index in [9.17, 15) is 51.1 Å². The summed E-state index contributed by atoms with van der Waals surface area (Å²) in [5, 5.41) is 103. The van der Waals surface area contributed by atoms with Gasteiger partial charge in [-0.1, -0.05) is 6.04 Å². The Kier molecular flexibility index (Phi) is 14.6. The molecular formula is C25H44AcNO17-. The van der Waals surface area contributed by atoms with Crippen molar-refractivity contribution in [3.05, 3.63) is 5.73 Å². The standard InChI is InChI=1S/C25H44NO17.Ac/c1-6-11(26)21(42-23-18(35)15(32)12(29)7(2)38-23)20(10(5-28)37-6)41-25-22(17(34)14(31)9(4-27)40-25)43-24-19(36)16(33)13(30)8(3)39-24;/h6-36H,4-5H2,1-3H3;/q-1;/t6?,7?,8?,9?,10?,11?,12-,13+,14+,15?,16?,17?,18?,19?,20+,21?,22?,23-,24+,25+;/m1./s1. The van der Waals surface area contributed by atoms with Gasteiger partial charge in [0.2, 0.25) is 0 Å². The van der Waals surface area contributed by atoms with E-state index in [1.165, 1.54) is 20.8 Å². The molecule has 18 nitrogen and oxygen atoms in total. The summed E-state index contributed by atoms with van der Waals surface area (Å²) in [6.45, 7) is 2.91. The van der Waals surface area contributed by atoms with E-state index in [1.807, 2.05) is 0 Å². The fourth-order valence-electron chi connectivity index (χ4n) is 5.62. The number of aliphatic hydroxyl groups excluding tert-OH is 10. The van der Waals surface area contributed by atoms with Crippen LogP contribution in [0.1, 0.15) is 20.8 Å². The van der Waals surface area contributed by atoms with Gasteiger partial charge in [-0.2, -0.15) is 0 Å². The van der Waals surface area contributed by atoms with Crippen LogP contribution in [-0.2, 0) is 33.2 Å². The smallest absolute Gasteiger partial charge is 0.187 e. The number of aliphatic hydroxyl groups is 10. The van der Waals surface area contributed by atoms with Gasteiger partial charge in [-0.25, -0.2) is 0 Å². The summed E-state index contributed by atoms with van der Waals surface area (Å²) in [6.07, 6.45) is -28.2. The van der Waals surface area contributed by atoms with Gasteiger partial charge in [0.1, 0.15) is 73.2 Å². The van der Waals surface area contributed by atoms with Crippen LogP contribution in [0.5, 0.6) is 0 Å². The second kappa shape index (κ2) is 16.4. The summed E-state index contributed by atoms with van der Waals surface area (Å²) in [5.41, 5.74) is 8.70. The molecule has 4 aliphatic heterocycles. The second-order valence-corrected chi connectivity index (χ2v) is 11.5. The van der Waals surface area contributed by atoms with Gasteiger partial charge in [-0.3, -0.25) is 0 Å². The molecule has 0 amide bonds. The van der Waals surface area contributed by atoms with Gasteiger partial charge in [0.05, 0.1) is 31.5 Å². The Morgan fingerprint density at radius 2 is 0.932 bits per heavy atom. The van der Waals surface area contributed by atoms with Gasteiger partial charge < -0.3 is 90.0 Å². The van der Waals surface area contributed by atoms with E-state index in [0.717, 1.165) is 0 Å². The minimum atomic E-state index is -1.84. The van der Waals surface area contributed by atoms with Crippen LogP contribution in [0.4, 0.5) is 0 Å². The molecule has 44 heavy (non-hydrogen) atoms. The summed E-state index contributed by atoms with van der Waals surface area (Å²) in [6, 6.07) is -1.25. The van der Waals surface area contributed by atoms with Crippen LogP contribution in [0.3, 0.4) is 0 Å². The fourth-order valence-corrected chi connectivity index (χ4v) is 5.62. The molecule has 0 aromatic heterocycles. The Labute approximate surface area is 289 Å². The molecule has 13 unspecified atom stereocenters. The minimum absolute atomic E-state index is 0. The van der Waals surface area contributed by atoms with Gasteiger partial charge in [0, 0.05) is 50.2 Å². The maximum atomic E-state index is 11.0. The van der Waals surface area contributed by atoms with Crippen molar-refractivity contribution in [3.63, 3.8) is 0 Å². The average molecular weight is 858 g/mol. The predicted octanol–water partition coefficient (Wildman–Crippen LogP) is -5.56. The van der Waals surface area contributed by atoms with E-state index in [1.54, 1.807) is 0 Å². The summed E-state index contributed by atoms with van der Waals surface area (Å²) >= 11 is 0. The van der Waals surface area contributed by atoms with E-state index in [-0.39, 0.29) is 44.1 Å². The second-order valence-electron chi connectivity index (χ2n) is 11.5. The van der Waals surface area contributed by atoms with Crippen molar-refractivity contribution in [1.29, 1.82) is 0 Å². The minimum Gasteiger partial charge on any atom is -0.670 e. The number of hydrogen-bond donors (Lipinski definition) is 10. The van der Waals surface area contributed by atoms with Crippen LogP contribution in [-0.4, -0.2) is 187 Å². The molecule has 4 rings (SSSR count). The van der Waals surface area contributed by atoms with Crippen molar-refractivity contribution >= 4 is 0 Å². The first-order valence-electron chi connectivity index (χ1n) is 14.2. The molecule has 0 bridgehead atoms. The first-order valence-corrected chi connectivity index (χ1v) is 14.2. The first kappa shape index (κ1) is 39.2. The zero-order chi connectivity index (χ0) is 31.9. The van der Waals surface area contributed by atoms with Crippen LogP contribution < -0.4 is 0 Å². The summed E-state index contributed by atoms with van der Waals surface area (Å²) in [4.78, 5) is 0. The third kappa shape index (κ3) is 7.95. The molecule has 4 heterocycles. The number of rotatable bonds is 8. The number of hydrogen-bond acceptors (Lipinski definition) is 17.